The Bertz CT molecular complexity index is 1380. The molecule has 0 saturated carbocycles. The minimum Gasteiger partial charge on any atom is -0.493 e. The second kappa shape index (κ2) is 10.3. The van der Waals surface area contributed by atoms with Gasteiger partial charge in [-0.05, 0) is 29.3 Å². The molecule has 0 bridgehead atoms. The van der Waals surface area contributed by atoms with Crippen molar-refractivity contribution >= 4 is 12.1 Å². The molecule has 1 aromatic heterocycles. The SMILES string of the molecule is COc1ccc(/C=N/NC(=O)c2c(-c3ccccc3)c(-c3ccccc3)n[nH]c2=O)cc1OC. The lowest BCUT2D eigenvalue weighted by molar-refractivity contribution is 0.0954. The first-order valence-corrected chi connectivity index (χ1v) is 10.4. The fraction of sp³-hybridized carbons (Fsp3) is 0.0769. The fourth-order valence-corrected chi connectivity index (χ4v) is 3.51. The number of nitrogens with zero attached hydrogens (tertiary/aromatic N) is 2. The zero-order valence-electron chi connectivity index (χ0n) is 18.6. The molecule has 0 aliphatic rings. The molecular formula is C26H22N4O4. The molecule has 4 aromatic rings. The first-order valence-electron chi connectivity index (χ1n) is 10.4. The standard InChI is InChI=1S/C26H22N4O4/c1-33-20-14-13-17(15-21(20)34-2)16-27-29-25(31)23-22(18-9-5-3-6-10-18)24(28-30-26(23)32)19-11-7-4-8-12-19/h3-16H,1-2H3,(H,29,31)(H,30,32)/b27-16+. The summed E-state index contributed by atoms with van der Waals surface area (Å²) in [6, 6.07) is 23.7. The maximum atomic E-state index is 13.1. The van der Waals surface area contributed by atoms with Gasteiger partial charge in [0.05, 0.1) is 26.1 Å². The van der Waals surface area contributed by atoms with E-state index in [2.05, 4.69) is 20.7 Å². The van der Waals surface area contributed by atoms with E-state index in [1.54, 1.807) is 25.3 Å². The number of hydrogen-bond donors (Lipinski definition) is 2. The van der Waals surface area contributed by atoms with Crippen LogP contribution in [0, 0.1) is 0 Å². The number of hydrogen-bond acceptors (Lipinski definition) is 6. The van der Waals surface area contributed by atoms with Crippen LogP contribution in [0.3, 0.4) is 0 Å². The Balaban J connectivity index is 1.72. The largest absolute Gasteiger partial charge is 0.493 e. The molecule has 0 aliphatic heterocycles. The first-order chi connectivity index (χ1) is 16.6. The maximum Gasteiger partial charge on any atom is 0.277 e. The third kappa shape index (κ3) is 4.71. The van der Waals surface area contributed by atoms with Crippen molar-refractivity contribution in [1.29, 1.82) is 0 Å². The molecule has 3 aromatic carbocycles. The molecule has 0 saturated heterocycles. The van der Waals surface area contributed by atoms with Gasteiger partial charge in [-0.25, -0.2) is 10.5 Å². The molecule has 4 rings (SSSR count). The summed E-state index contributed by atoms with van der Waals surface area (Å²) >= 11 is 0. The predicted octanol–water partition coefficient (Wildman–Crippen LogP) is 3.89. The second-order valence-electron chi connectivity index (χ2n) is 7.20. The predicted molar refractivity (Wildman–Crippen MR) is 130 cm³/mol. The van der Waals surface area contributed by atoms with Crippen LogP contribution in [0.4, 0.5) is 0 Å². The van der Waals surface area contributed by atoms with Crippen LogP contribution in [0.2, 0.25) is 0 Å². The number of carbonyl (C=O) groups excluding carboxylic acids is 1. The summed E-state index contributed by atoms with van der Waals surface area (Å²) in [5.41, 5.74) is 4.80. The zero-order chi connectivity index (χ0) is 23.9. The molecular weight excluding hydrogens is 432 g/mol. The number of ether oxygens (including phenoxy) is 2. The number of methoxy groups -OCH3 is 2. The number of hydrazone groups is 1. The summed E-state index contributed by atoms with van der Waals surface area (Å²) in [5.74, 6) is 0.451. The number of rotatable bonds is 7. The topological polar surface area (TPSA) is 106 Å². The smallest absolute Gasteiger partial charge is 0.277 e. The van der Waals surface area contributed by atoms with Gasteiger partial charge in [0.25, 0.3) is 11.5 Å². The molecule has 1 heterocycles. The molecule has 1 amide bonds. The van der Waals surface area contributed by atoms with Gasteiger partial charge < -0.3 is 9.47 Å². The van der Waals surface area contributed by atoms with Crippen LogP contribution in [0.15, 0.2) is 88.8 Å². The van der Waals surface area contributed by atoms with Crippen LogP contribution in [0.5, 0.6) is 11.5 Å². The van der Waals surface area contributed by atoms with E-state index in [4.69, 9.17) is 9.47 Å². The Morgan fingerprint density at radius 3 is 2.21 bits per heavy atom. The highest BCUT2D eigenvalue weighted by molar-refractivity contribution is 6.03. The van der Waals surface area contributed by atoms with Crippen molar-refractivity contribution in [3.63, 3.8) is 0 Å². The number of amides is 1. The third-order valence-electron chi connectivity index (χ3n) is 5.11. The number of nitrogens with one attached hydrogen (secondary N) is 2. The quantitative estimate of drug-likeness (QED) is 0.326. The van der Waals surface area contributed by atoms with Crippen LogP contribution < -0.4 is 20.5 Å². The average molecular weight is 454 g/mol. The highest BCUT2D eigenvalue weighted by Gasteiger charge is 2.22. The van der Waals surface area contributed by atoms with E-state index in [1.807, 2.05) is 60.7 Å². The van der Waals surface area contributed by atoms with Crippen molar-refractivity contribution in [2.75, 3.05) is 14.2 Å². The Hall–Kier alpha value is -4.72. The van der Waals surface area contributed by atoms with Gasteiger partial charge >= 0.3 is 0 Å². The molecule has 170 valence electrons. The van der Waals surface area contributed by atoms with E-state index in [0.717, 1.165) is 5.56 Å². The molecule has 2 N–H and O–H groups in total. The zero-order valence-corrected chi connectivity index (χ0v) is 18.6. The molecule has 8 heteroatoms. The summed E-state index contributed by atoms with van der Waals surface area (Å²) in [7, 11) is 3.08. The van der Waals surface area contributed by atoms with Gasteiger partial charge in [0, 0.05) is 11.1 Å². The lowest BCUT2D eigenvalue weighted by Gasteiger charge is -2.13. The number of H-pyrrole nitrogens is 1. The van der Waals surface area contributed by atoms with Crippen molar-refractivity contribution in [3.8, 4) is 33.9 Å². The van der Waals surface area contributed by atoms with Crippen molar-refractivity contribution in [2.45, 2.75) is 0 Å². The van der Waals surface area contributed by atoms with Gasteiger partial charge in [0.2, 0.25) is 0 Å². The molecule has 0 aliphatic carbocycles. The van der Waals surface area contributed by atoms with Gasteiger partial charge in [0.1, 0.15) is 5.56 Å². The van der Waals surface area contributed by atoms with Gasteiger partial charge in [-0.2, -0.15) is 10.2 Å². The summed E-state index contributed by atoms with van der Waals surface area (Å²) in [5, 5.41) is 10.7. The molecule has 0 atom stereocenters. The summed E-state index contributed by atoms with van der Waals surface area (Å²) in [4.78, 5) is 25.9. The van der Waals surface area contributed by atoms with E-state index in [1.165, 1.54) is 13.3 Å². The van der Waals surface area contributed by atoms with Crippen LogP contribution in [-0.4, -0.2) is 36.5 Å². The van der Waals surface area contributed by atoms with Crippen molar-refractivity contribution in [1.82, 2.24) is 15.6 Å². The normalized spacial score (nSPS) is 10.8. The Kier molecular flexibility index (Phi) is 6.78. The minimum atomic E-state index is -0.656. The lowest BCUT2D eigenvalue weighted by atomic mass is 9.95. The molecule has 34 heavy (non-hydrogen) atoms. The Morgan fingerprint density at radius 2 is 1.56 bits per heavy atom. The van der Waals surface area contributed by atoms with Gasteiger partial charge in [-0.15, -0.1) is 0 Å². The second-order valence-corrected chi connectivity index (χ2v) is 7.20. The lowest BCUT2D eigenvalue weighted by Crippen LogP contribution is -2.28. The summed E-state index contributed by atoms with van der Waals surface area (Å²) < 4.78 is 10.5. The van der Waals surface area contributed by atoms with Gasteiger partial charge in [0.15, 0.2) is 11.5 Å². The molecule has 0 radical (unpaired) electrons. The number of benzene rings is 3. The average Bonchev–Trinajstić information content (AvgIpc) is 2.89. The molecule has 8 nitrogen and oxygen atoms in total. The molecule has 0 unspecified atom stereocenters. The maximum absolute atomic E-state index is 13.1. The van der Waals surface area contributed by atoms with Crippen LogP contribution in [0.1, 0.15) is 15.9 Å². The fourth-order valence-electron chi connectivity index (χ4n) is 3.51. The minimum absolute atomic E-state index is 0.0792. The highest BCUT2D eigenvalue weighted by atomic mass is 16.5. The van der Waals surface area contributed by atoms with Crippen LogP contribution in [0.25, 0.3) is 22.4 Å². The summed E-state index contributed by atoms with van der Waals surface area (Å²) in [6.45, 7) is 0. The van der Waals surface area contributed by atoms with Gasteiger partial charge in [-0.3, -0.25) is 9.59 Å². The number of aromatic amines is 1. The summed E-state index contributed by atoms with van der Waals surface area (Å²) in [6.07, 6.45) is 1.45. The first kappa shape index (κ1) is 22.5. The molecule has 0 fully saturated rings. The van der Waals surface area contributed by atoms with Crippen LogP contribution in [-0.2, 0) is 0 Å². The highest BCUT2D eigenvalue weighted by Crippen LogP contribution is 2.31. The van der Waals surface area contributed by atoms with E-state index < -0.39 is 11.5 Å². The number of aromatic nitrogens is 2. The molecule has 0 spiro atoms. The van der Waals surface area contributed by atoms with E-state index in [9.17, 15) is 9.59 Å². The van der Waals surface area contributed by atoms with Gasteiger partial charge in [-0.1, -0.05) is 60.7 Å². The Labute approximate surface area is 195 Å². The van der Waals surface area contributed by atoms with Crippen molar-refractivity contribution < 1.29 is 14.3 Å². The van der Waals surface area contributed by atoms with Crippen LogP contribution >= 0.6 is 0 Å². The monoisotopic (exact) mass is 454 g/mol. The van der Waals surface area contributed by atoms with E-state index in [0.29, 0.717) is 33.9 Å². The van der Waals surface area contributed by atoms with E-state index in [-0.39, 0.29) is 5.56 Å². The van der Waals surface area contributed by atoms with Crippen molar-refractivity contribution in [2.24, 2.45) is 5.10 Å². The van der Waals surface area contributed by atoms with E-state index >= 15 is 0 Å². The third-order valence-corrected chi connectivity index (χ3v) is 5.11. The number of carbonyl (C=O) groups is 1. The van der Waals surface area contributed by atoms with Crippen molar-refractivity contribution in [3.05, 3.63) is 100 Å². The Morgan fingerprint density at radius 1 is 0.912 bits per heavy atom.